The lowest BCUT2D eigenvalue weighted by Gasteiger charge is -2.07. The Morgan fingerprint density at radius 3 is 2.57 bits per heavy atom. The van der Waals surface area contributed by atoms with Crippen LogP contribution in [0.25, 0.3) is 0 Å². The highest BCUT2D eigenvalue weighted by atomic mass is 79.9. The second kappa shape index (κ2) is 10.4. The second-order valence-corrected chi connectivity index (χ2v) is 7.19. The minimum Gasteiger partial charge on any atom is -0.484 e. The van der Waals surface area contributed by atoms with Crippen LogP contribution in [0.15, 0.2) is 82.4 Å². The van der Waals surface area contributed by atoms with E-state index in [1.54, 1.807) is 48.5 Å². The van der Waals surface area contributed by atoms with Gasteiger partial charge in [-0.15, -0.1) is 0 Å². The summed E-state index contributed by atoms with van der Waals surface area (Å²) in [5.41, 5.74) is 4.54. The molecule has 0 spiro atoms. The molecule has 0 aliphatic carbocycles. The van der Waals surface area contributed by atoms with E-state index in [2.05, 4.69) is 26.5 Å². The second-order valence-electron chi connectivity index (χ2n) is 6.34. The Hall–Kier alpha value is -3.45. The minimum atomic E-state index is -0.474. The number of aryl methyl sites for hydroxylation is 1. The van der Waals surface area contributed by atoms with Crippen LogP contribution < -0.4 is 14.9 Å². The van der Waals surface area contributed by atoms with Crippen LogP contribution in [0.2, 0.25) is 0 Å². The Morgan fingerprint density at radius 2 is 1.77 bits per heavy atom. The van der Waals surface area contributed by atoms with Crippen LogP contribution in [0.3, 0.4) is 0 Å². The first-order chi connectivity index (χ1) is 14.5. The number of amides is 1. The van der Waals surface area contributed by atoms with E-state index in [0.29, 0.717) is 27.1 Å². The van der Waals surface area contributed by atoms with Gasteiger partial charge in [0.25, 0.3) is 5.91 Å². The standard InChI is InChI=1S/C23H19BrN2O4/c1-16-6-4-8-18(12-16)29-15-22(27)26-25-14-17-7-5-9-19(13-17)30-23(28)20-10-2-3-11-21(20)24/h2-14H,15H2,1H3,(H,26,27). The zero-order chi connectivity index (χ0) is 21.3. The number of benzene rings is 3. The van der Waals surface area contributed by atoms with Crippen LogP contribution in [-0.4, -0.2) is 24.7 Å². The Labute approximate surface area is 182 Å². The number of rotatable bonds is 7. The first kappa shape index (κ1) is 21.3. The third-order valence-electron chi connectivity index (χ3n) is 3.92. The fourth-order valence-electron chi connectivity index (χ4n) is 2.51. The number of ether oxygens (including phenoxy) is 2. The van der Waals surface area contributed by atoms with Gasteiger partial charge in [0.05, 0.1) is 11.8 Å². The summed E-state index contributed by atoms with van der Waals surface area (Å²) in [7, 11) is 0. The van der Waals surface area contributed by atoms with Crippen molar-refractivity contribution in [2.75, 3.05) is 6.61 Å². The van der Waals surface area contributed by atoms with Crippen LogP contribution >= 0.6 is 15.9 Å². The van der Waals surface area contributed by atoms with E-state index in [-0.39, 0.29) is 12.5 Å². The van der Waals surface area contributed by atoms with E-state index in [9.17, 15) is 9.59 Å². The van der Waals surface area contributed by atoms with E-state index >= 15 is 0 Å². The number of hydrogen-bond donors (Lipinski definition) is 1. The minimum absolute atomic E-state index is 0.148. The van der Waals surface area contributed by atoms with Crippen molar-refractivity contribution in [2.24, 2.45) is 5.10 Å². The van der Waals surface area contributed by atoms with Crippen LogP contribution in [0.1, 0.15) is 21.5 Å². The lowest BCUT2D eigenvalue weighted by atomic mass is 10.2. The van der Waals surface area contributed by atoms with E-state index in [1.165, 1.54) is 6.21 Å². The molecule has 7 heteroatoms. The van der Waals surface area contributed by atoms with Crippen LogP contribution in [0.4, 0.5) is 0 Å². The molecule has 1 amide bonds. The highest BCUT2D eigenvalue weighted by Crippen LogP contribution is 2.19. The summed E-state index contributed by atoms with van der Waals surface area (Å²) < 4.78 is 11.5. The molecule has 1 N–H and O–H groups in total. The molecule has 0 aliphatic heterocycles. The maximum absolute atomic E-state index is 12.3. The van der Waals surface area contributed by atoms with Crippen molar-refractivity contribution < 1.29 is 19.1 Å². The molecule has 0 aromatic heterocycles. The van der Waals surface area contributed by atoms with Gasteiger partial charge in [0.1, 0.15) is 11.5 Å². The average Bonchev–Trinajstić information content (AvgIpc) is 2.73. The van der Waals surface area contributed by atoms with Crippen molar-refractivity contribution >= 4 is 34.0 Å². The molecule has 0 saturated carbocycles. The van der Waals surface area contributed by atoms with Crippen LogP contribution in [0, 0.1) is 6.92 Å². The van der Waals surface area contributed by atoms with Crippen molar-refractivity contribution in [1.82, 2.24) is 5.43 Å². The van der Waals surface area contributed by atoms with Gasteiger partial charge in [0, 0.05) is 4.47 Å². The number of esters is 1. The van der Waals surface area contributed by atoms with Crippen molar-refractivity contribution in [1.29, 1.82) is 0 Å². The average molecular weight is 467 g/mol. The van der Waals surface area contributed by atoms with E-state index < -0.39 is 5.97 Å². The maximum Gasteiger partial charge on any atom is 0.344 e. The fraction of sp³-hybridized carbons (Fsp3) is 0.0870. The Balaban J connectivity index is 1.53. The Kier molecular flexibility index (Phi) is 7.34. The third-order valence-corrected chi connectivity index (χ3v) is 4.62. The molecule has 0 unspecified atom stereocenters. The van der Waals surface area contributed by atoms with Gasteiger partial charge in [-0.2, -0.15) is 5.10 Å². The van der Waals surface area contributed by atoms with Gasteiger partial charge in [-0.05, 0) is 70.4 Å². The summed E-state index contributed by atoms with van der Waals surface area (Å²) in [4.78, 5) is 24.2. The predicted molar refractivity (Wildman–Crippen MR) is 118 cm³/mol. The van der Waals surface area contributed by atoms with Gasteiger partial charge in [-0.3, -0.25) is 4.79 Å². The van der Waals surface area contributed by atoms with Gasteiger partial charge < -0.3 is 9.47 Å². The first-order valence-corrected chi connectivity index (χ1v) is 9.89. The Bertz CT molecular complexity index is 1080. The molecule has 152 valence electrons. The van der Waals surface area contributed by atoms with E-state index in [0.717, 1.165) is 5.56 Å². The monoisotopic (exact) mass is 466 g/mol. The molecule has 30 heavy (non-hydrogen) atoms. The van der Waals surface area contributed by atoms with Crippen LogP contribution in [0.5, 0.6) is 11.5 Å². The molecule has 0 atom stereocenters. The predicted octanol–water partition coefficient (Wildman–Crippen LogP) is 4.51. The maximum atomic E-state index is 12.3. The van der Waals surface area contributed by atoms with E-state index in [1.807, 2.05) is 31.2 Å². The summed E-state index contributed by atoms with van der Waals surface area (Å²) in [6.07, 6.45) is 1.46. The molecule has 3 aromatic rings. The number of carbonyl (C=O) groups is 2. The quantitative estimate of drug-likeness (QED) is 0.240. The molecule has 3 aromatic carbocycles. The zero-order valence-corrected chi connectivity index (χ0v) is 17.8. The first-order valence-electron chi connectivity index (χ1n) is 9.09. The highest BCUT2D eigenvalue weighted by molar-refractivity contribution is 9.10. The summed E-state index contributed by atoms with van der Waals surface area (Å²) in [5, 5.41) is 3.91. The molecule has 0 fully saturated rings. The number of carbonyl (C=O) groups excluding carboxylic acids is 2. The van der Waals surface area contributed by atoms with Crippen molar-refractivity contribution in [2.45, 2.75) is 6.92 Å². The van der Waals surface area contributed by atoms with Crippen LogP contribution in [-0.2, 0) is 4.79 Å². The zero-order valence-electron chi connectivity index (χ0n) is 16.2. The van der Waals surface area contributed by atoms with Crippen molar-refractivity contribution in [3.05, 3.63) is 94.0 Å². The van der Waals surface area contributed by atoms with E-state index in [4.69, 9.17) is 9.47 Å². The number of hydrogen-bond acceptors (Lipinski definition) is 5. The summed E-state index contributed by atoms with van der Waals surface area (Å²) >= 11 is 3.33. The topological polar surface area (TPSA) is 77.0 Å². The molecule has 0 aliphatic rings. The third kappa shape index (κ3) is 6.28. The normalized spacial score (nSPS) is 10.6. The molecular weight excluding hydrogens is 448 g/mol. The lowest BCUT2D eigenvalue weighted by molar-refractivity contribution is -0.123. The number of hydrazone groups is 1. The number of nitrogens with zero attached hydrogens (tertiary/aromatic N) is 1. The smallest absolute Gasteiger partial charge is 0.344 e. The molecule has 0 radical (unpaired) electrons. The van der Waals surface area contributed by atoms with Gasteiger partial charge in [-0.1, -0.05) is 36.4 Å². The largest absolute Gasteiger partial charge is 0.484 e. The fourth-order valence-corrected chi connectivity index (χ4v) is 2.96. The summed E-state index contributed by atoms with van der Waals surface area (Å²) in [5.74, 6) is 0.130. The van der Waals surface area contributed by atoms with Crippen molar-refractivity contribution in [3.8, 4) is 11.5 Å². The van der Waals surface area contributed by atoms with Gasteiger partial charge in [0.15, 0.2) is 6.61 Å². The molecule has 3 rings (SSSR count). The molecule has 0 saturated heterocycles. The summed E-state index contributed by atoms with van der Waals surface area (Å²) in [6.45, 7) is 1.80. The highest BCUT2D eigenvalue weighted by Gasteiger charge is 2.12. The van der Waals surface area contributed by atoms with Gasteiger partial charge in [-0.25, -0.2) is 10.2 Å². The molecule has 6 nitrogen and oxygen atoms in total. The van der Waals surface area contributed by atoms with Crippen molar-refractivity contribution in [3.63, 3.8) is 0 Å². The van der Waals surface area contributed by atoms with Gasteiger partial charge >= 0.3 is 5.97 Å². The molecule has 0 bridgehead atoms. The Morgan fingerprint density at radius 1 is 1.00 bits per heavy atom. The summed E-state index contributed by atoms with van der Waals surface area (Å²) in [6, 6.07) is 21.3. The lowest BCUT2D eigenvalue weighted by Crippen LogP contribution is -2.24. The number of nitrogens with one attached hydrogen (secondary N) is 1. The molecular formula is C23H19BrN2O4. The van der Waals surface area contributed by atoms with Gasteiger partial charge in [0.2, 0.25) is 0 Å². The molecule has 0 heterocycles. The SMILES string of the molecule is Cc1cccc(OCC(=O)NN=Cc2cccc(OC(=O)c3ccccc3Br)c2)c1. The number of halogens is 1.